The molecule has 1 aliphatic heterocycles. The molecule has 1 aromatic heterocycles. The summed E-state index contributed by atoms with van der Waals surface area (Å²) in [7, 11) is -3.39. The molecule has 0 aliphatic carbocycles. The highest BCUT2D eigenvalue weighted by molar-refractivity contribution is 7.90. The lowest BCUT2D eigenvalue weighted by Gasteiger charge is -2.22. The lowest BCUT2D eigenvalue weighted by Crippen LogP contribution is -2.29. The number of benzene rings is 1. The Balaban J connectivity index is 2.07. The van der Waals surface area contributed by atoms with Crippen molar-refractivity contribution in [2.24, 2.45) is 0 Å². The van der Waals surface area contributed by atoms with E-state index in [1.807, 2.05) is 0 Å². The Hall–Kier alpha value is -2.19. The van der Waals surface area contributed by atoms with Gasteiger partial charge in [0.1, 0.15) is 5.75 Å². The average molecular weight is 348 g/mol. The zero-order valence-corrected chi connectivity index (χ0v) is 14.2. The van der Waals surface area contributed by atoms with Crippen LogP contribution < -0.4 is 11.1 Å². The number of hydrogen-bond acceptors (Lipinski definition) is 7. The van der Waals surface area contributed by atoms with E-state index in [2.05, 4.69) is 15.3 Å². The number of phenolic OH excluding ortho intramolecular Hbond substituents is 1. The molecule has 0 bridgehead atoms. The van der Waals surface area contributed by atoms with Gasteiger partial charge in [0.15, 0.2) is 9.84 Å². The van der Waals surface area contributed by atoms with E-state index in [1.165, 1.54) is 18.2 Å². The monoisotopic (exact) mass is 348 g/mol. The molecule has 1 fully saturated rings. The summed E-state index contributed by atoms with van der Waals surface area (Å²) in [4.78, 5) is 8.60. The maximum absolute atomic E-state index is 11.8. The first kappa shape index (κ1) is 16.7. The summed E-state index contributed by atoms with van der Waals surface area (Å²) in [6.07, 6.45) is 3.17. The van der Waals surface area contributed by atoms with Crippen molar-refractivity contribution in [3.63, 3.8) is 0 Å². The predicted octanol–water partition coefficient (Wildman–Crippen LogP) is 1.30. The molecule has 0 saturated carbocycles. The molecule has 0 spiro atoms. The van der Waals surface area contributed by atoms with Crippen LogP contribution in [0.4, 0.5) is 5.95 Å². The van der Waals surface area contributed by atoms with Gasteiger partial charge in [-0.05, 0) is 43.7 Å². The molecule has 128 valence electrons. The first-order chi connectivity index (χ1) is 11.3. The third-order valence-electron chi connectivity index (χ3n) is 4.15. The Morgan fingerprint density at radius 3 is 2.75 bits per heavy atom. The second-order valence-corrected chi connectivity index (χ2v) is 8.05. The molecule has 0 amide bonds. The Morgan fingerprint density at radius 2 is 2.08 bits per heavy atom. The number of piperidine rings is 1. The van der Waals surface area contributed by atoms with Gasteiger partial charge in [-0.25, -0.2) is 18.4 Å². The Bertz CT molecular complexity index is 862. The Labute approximate surface area is 140 Å². The van der Waals surface area contributed by atoms with E-state index >= 15 is 0 Å². The Kier molecular flexibility index (Phi) is 4.42. The number of sulfone groups is 1. The number of nitrogens with one attached hydrogen (secondary N) is 1. The lowest BCUT2D eigenvalue weighted by atomic mass is 9.95. The van der Waals surface area contributed by atoms with Gasteiger partial charge >= 0.3 is 0 Å². The van der Waals surface area contributed by atoms with Gasteiger partial charge in [-0.15, -0.1) is 0 Å². The van der Waals surface area contributed by atoms with Crippen molar-refractivity contribution >= 4 is 15.8 Å². The number of rotatable bonds is 3. The van der Waals surface area contributed by atoms with Crippen molar-refractivity contribution in [1.82, 2.24) is 15.3 Å². The highest BCUT2D eigenvalue weighted by Crippen LogP contribution is 2.32. The summed E-state index contributed by atoms with van der Waals surface area (Å²) >= 11 is 0. The van der Waals surface area contributed by atoms with Gasteiger partial charge in [0.25, 0.3) is 0 Å². The lowest BCUT2D eigenvalue weighted by molar-refractivity contribution is 0.454. The molecule has 0 radical (unpaired) electrons. The first-order valence-corrected chi connectivity index (χ1v) is 9.62. The first-order valence-electron chi connectivity index (χ1n) is 7.73. The summed E-state index contributed by atoms with van der Waals surface area (Å²) in [5, 5.41) is 13.5. The van der Waals surface area contributed by atoms with Crippen LogP contribution in [0.5, 0.6) is 5.75 Å². The van der Waals surface area contributed by atoms with Crippen molar-refractivity contribution < 1.29 is 13.5 Å². The van der Waals surface area contributed by atoms with E-state index in [4.69, 9.17) is 5.73 Å². The second kappa shape index (κ2) is 6.37. The van der Waals surface area contributed by atoms with E-state index in [1.54, 1.807) is 6.07 Å². The Morgan fingerprint density at radius 1 is 1.29 bits per heavy atom. The van der Waals surface area contributed by atoms with Crippen LogP contribution in [0, 0.1) is 0 Å². The van der Waals surface area contributed by atoms with Gasteiger partial charge in [-0.2, -0.15) is 0 Å². The molecule has 2 aromatic rings. The minimum Gasteiger partial charge on any atom is -0.507 e. The molecule has 24 heavy (non-hydrogen) atoms. The number of anilines is 1. The number of nitrogen functional groups attached to an aromatic ring is 1. The van der Waals surface area contributed by atoms with Crippen LogP contribution in [-0.4, -0.2) is 42.8 Å². The summed E-state index contributed by atoms with van der Waals surface area (Å²) in [6.45, 7) is 1.80. The minimum absolute atomic E-state index is 0.0479. The SMILES string of the molecule is CS(=O)(=O)c1ccc(O)c(-c2cc(C3CCCNC3)nc(N)n2)c1. The van der Waals surface area contributed by atoms with Crippen molar-refractivity contribution in [2.75, 3.05) is 25.1 Å². The van der Waals surface area contributed by atoms with Gasteiger partial charge in [0.2, 0.25) is 5.95 Å². The number of nitrogens with two attached hydrogens (primary N) is 1. The maximum Gasteiger partial charge on any atom is 0.220 e. The van der Waals surface area contributed by atoms with Gasteiger partial charge in [-0.3, -0.25) is 0 Å². The van der Waals surface area contributed by atoms with Crippen LogP contribution in [0.2, 0.25) is 0 Å². The number of aromatic nitrogens is 2. The third kappa shape index (κ3) is 3.49. The minimum atomic E-state index is -3.39. The average Bonchev–Trinajstić information content (AvgIpc) is 2.54. The van der Waals surface area contributed by atoms with Gasteiger partial charge in [-0.1, -0.05) is 0 Å². The largest absolute Gasteiger partial charge is 0.507 e. The molecule has 8 heteroatoms. The zero-order chi connectivity index (χ0) is 17.3. The molecule has 1 aliphatic rings. The van der Waals surface area contributed by atoms with Crippen molar-refractivity contribution in [3.8, 4) is 17.0 Å². The fourth-order valence-electron chi connectivity index (χ4n) is 2.89. The predicted molar refractivity (Wildman–Crippen MR) is 91.5 cm³/mol. The highest BCUT2D eigenvalue weighted by Gasteiger charge is 2.20. The normalized spacial score (nSPS) is 18.5. The van der Waals surface area contributed by atoms with Crippen LogP contribution in [-0.2, 0) is 9.84 Å². The molecule has 7 nitrogen and oxygen atoms in total. The second-order valence-electron chi connectivity index (χ2n) is 6.03. The quantitative estimate of drug-likeness (QED) is 0.765. The van der Waals surface area contributed by atoms with Crippen molar-refractivity contribution in [3.05, 3.63) is 30.0 Å². The van der Waals surface area contributed by atoms with Crippen molar-refractivity contribution in [1.29, 1.82) is 0 Å². The smallest absolute Gasteiger partial charge is 0.220 e. The molecule has 1 saturated heterocycles. The standard InChI is InChI=1S/C16H20N4O3S/c1-24(22,23)11-4-5-15(21)12(7-11)14-8-13(19-16(17)20-14)10-3-2-6-18-9-10/h4-5,7-8,10,18,21H,2-3,6,9H2,1H3,(H2,17,19,20). The molecule has 3 rings (SSSR count). The maximum atomic E-state index is 11.8. The number of hydrogen-bond donors (Lipinski definition) is 3. The van der Waals surface area contributed by atoms with Gasteiger partial charge < -0.3 is 16.2 Å². The van der Waals surface area contributed by atoms with Crippen LogP contribution in [0.25, 0.3) is 11.3 Å². The van der Waals surface area contributed by atoms with E-state index in [-0.39, 0.29) is 22.5 Å². The van der Waals surface area contributed by atoms with Crippen LogP contribution in [0.15, 0.2) is 29.2 Å². The summed E-state index contributed by atoms with van der Waals surface area (Å²) in [5.74, 6) is 0.286. The van der Waals surface area contributed by atoms with Crippen LogP contribution in [0.1, 0.15) is 24.5 Å². The van der Waals surface area contributed by atoms with Crippen LogP contribution in [0.3, 0.4) is 0 Å². The summed E-state index contributed by atoms with van der Waals surface area (Å²) in [6, 6.07) is 5.90. The fourth-order valence-corrected chi connectivity index (χ4v) is 3.53. The van der Waals surface area contributed by atoms with Gasteiger partial charge in [0.05, 0.1) is 16.3 Å². The van der Waals surface area contributed by atoms with Gasteiger partial charge in [0, 0.05) is 24.3 Å². The number of phenols is 1. The topological polar surface area (TPSA) is 118 Å². The van der Waals surface area contributed by atoms with E-state index in [9.17, 15) is 13.5 Å². The van der Waals surface area contributed by atoms with Crippen LogP contribution >= 0.6 is 0 Å². The zero-order valence-electron chi connectivity index (χ0n) is 13.4. The molecular formula is C16H20N4O3S. The molecular weight excluding hydrogens is 328 g/mol. The highest BCUT2D eigenvalue weighted by atomic mass is 32.2. The van der Waals surface area contributed by atoms with E-state index in [0.29, 0.717) is 11.3 Å². The fraction of sp³-hybridized carbons (Fsp3) is 0.375. The molecule has 2 heterocycles. The van der Waals surface area contributed by atoms with E-state index in [0.717, 1.165) is 37.9 Å². The molecule has 1 aromatic carbocycles. The summed E-state index contributed by atoms with van der Waals surface area (Å²) in [5.41, 5.74) is 7.39. The third-order valence-corrected chi connectivity index (χ3v) is 5.26. The van der Waals surface area contributed by atoms with E-state index < -0.39 is 9.84 Å². The molecule has 1 unspecified atom stereocenters. The van der Waals surface area contributed by atoms with Crippen molar-refractivity contribution in [2.45, 2.75) is 23.7 Å². The molecule has 4 N–H and O–H groups in total. The summed E-state index contributed by atoms with van der Waals surface area (Å²) < 4.78 is 23.5. The molecule has 1 atom stereocenters. The number of aromatic hydroxyl groups is 1. The number of nitrogens with zero attached hydrogens (tertiary/aromatic N) is 2.